The highest BCUT2D eigenvalue weighted by molar-refractivity contribution is 5.78. The first kappa shape index (κ1) is 19.4. The van der Waals surface area contributed by atoms with Crippen molar-refractivity contribution in [3.63, 3.8) is 0 Å². The average molecular weight is 377 g/mol. The van der Waals surface area contributed by atoms with Crippen LogP contribution in [0.25, 0.3) is 0 Å². The summed E-state index contributed by atoms with van der Waals surface area (Å²) in [5, 5.41) is 2.88. The molecule has 0 aromatic heterocycles. The van der Waals surface area contributed by atoms with Gasteiger partial charge < -0.3 is 10.1 Å². The van der Waals surface area contributed by atoms with Gasteiger partial charge in [-0.25, -0.2) is 0 Å². The van der Waals surface area contributed by atoms with Crippen LogP contribution in [0.5, 0.6) is 0 Å². The fourth-order valence-electron chi connectivity index (χ4n) is 3.22. The van der Waals surface area contributed by atoms with Gasteiger partial charge in [-0.1, -0.05) is 42.5 Å². The lowest BCUT2D eigenvalue weighted by molar-refractivity contribution is -0.176. The molecule has 0 spiro atoms. The van der Waals surface area contributed by atoms with Gasteiger partial charge in [0.15, 0.2) is 0 Å². The first-order valence-electron chi connectivity index (χ1n) is 8.99. The number of ether oxygens (including phenoxy) is 1. The molecule has 2 aromatic rings. The van der Waals surface area contributed by atoms with Crippen LogP contribution >= 0.6 is 0 Å². The molecule has 1 amide bonds. The third kappa shape index (κ3) is 6.10. The Morgan fingerprint density at radius 1 is 0.963 bits per heavy atom. The van der Waals surface area contributed by atoms with Gasteiger partial charge >= 0.3 is 6.18 Å². The molecule has 3 rings (SSSR count). The number of fused-ring (bicyclic) bond motifs is 1. The van der Waals surface area contributed by atoms with Gasteiger partial charge in [0.05, 0.1) is 13.0 Å². The molecule has 27 heavy (non-hydrogen) atoms. The largest absolute Gasteiger partial charge is 0.411 e. The molecule has 144 valence electrons. The van der Waals surface area contributed by atoms with Crippen molar-refractivity contribution in [1.29, 1.82) is 0 Å². The first-order chi connectivity index (χ1) is 12.9. The summed E-state index contributed by atoms with van der Waals surface area (Å²) in [5.74, 6) is -0.0504. The van der Waals surface area contributed by atoms with Gasteiger partial charge in [0.2, 0.25) is 5.91 Å². The third-order valence-corrected chi connectivity index (χ3v) is 4.57. The molecule has 1 aliphatic rings. The van der Waals surface area contributed by atoms with Crippen LogP contribution < -0.4 is 5.32 Å². The maximum atomic E-state index is 12.2. The number of rotatable bonds is 7. The van der Waals surface area contributed by atoms with Crippen LogP contribution in [-0.2, 0) is 41.9 Å². The number of carbonyl (C=O) groups is 1. The number of amides is 1. The fourth-order valence-corrected chi connectivity index (χ4v) is 3.22. The number of alkyl halides is 3. The zero-order valence-electron chi connectivity index (χ0n) is 14.9. The van der Waals surface area contributed by atoms with Gasteiger partial charge in [-0.2, -0.15) is 13.2 Å². The molecular formula is C21H22F3NO2. The monoisotopic (exact) mass is 377 g/mol. The van der Waals surface area contributed by atoms with E-state index in [4.69, 9.17) is 0 Å². The minimum absolute atomic E-state index is 0.0504. The number of benzene rings is 2. The fraction of sp³-hybridized carbons (Fsp3) is 0.381. The molecule has 1 aliphatic carbocycles. The second-order valence-corrected chi connectivity index (χ2v) is 6.83. The van der Waals surface area contributed by atoms with Gasteiger partial charge in [-0.05, 0) is 47.1 Å². The Balaban J connectivity index is 1.43. The van der Waals surface area contributed by atoms with E-state index in [0.717, 1.165) is 24.0 Å². The van der Waals surface area contributed by atoms with Crippen molar-refractivity contribution in [1.82, 2.24) is 5.32 Å². The van der Waals surface area contributed by atoms with Gasteiger partial charge in [0.1, 0.15) is 6.61 Å². The van der Waals surface area contributed by atoms with Crippen LogP contribution in [-0.4, -0.2) is 18.7 Å². The van der Waals surface area contributed by atoms with Gasteiger partial charge in [0.25, 0.3) is 0 Å². The van der Waals surface area contributed by atoms with E-state index >= 15 is 0 Å². The molecule has 0 aliphatic heterocycles. The zero-order valence-corrected chi connectivity index (χ0v) is 14.9. The van der Waals surface area contributed by atoms with E-state index in [1.165, 1.54) is 17.5 Å². The lowest BCUT2D eigenvalue weighted by atomic mass is 10.0. The minimum Gasteiger partial charge on any atom is -0.367 e. The van der Waals surface area contributed by atoms with Gasteiger partial charge in [-0.3, -0.25) is 4.79 Å². The van der Waals surface area contributed by atoms with Crippen molar-refractivity contribution in [2.75, 3.05) is 6.61 Å². The average Bonchev–Trinajstić information content (AvgIpc) is 3.08. The molecule has 0 bridgehead atoms. The van der Waals surface area contributed by atoms with Crippen molar-refractivity contribution in [2.45, 2.75) is 45.0 Å². The lowest BCUT2D eigenvalue weighted by Gasteiger charge is -2.09. The highest BCUT2D eigenvalue weighted by Gasteiger charge is 2.27. The predicted molar refractivity (Wildman–Crippen MR) is 96.2 cm³/mol. The summed E-state index contributed by atoms with van der Waals surface area (Å²) in [6, 6.07) is 13.2. The first-order valence-corrected chi connectivity index (χ1v) is 8.99. The number of aryl methyl sites for hydroxylation is 2. The van der Waals surface area contributed by atoms with Crippen molar-refractivity contribution in [2.24, 2.45) is 0 Å². The number of hydrogen-bond acceptors (Lipinski definition) is 2. The Labute approximate surface area is 156 Å². The van der Waals surface area contributed by atoms with Crippen LogP contribution in [0.1, 0.15) is 34.2 Å². The maximum Gasteiger partial charge on any atom is 0.411 e. The van der Waals surface area contributed by atoms with Crippen LogP contribution in [0.3, 0.4) is 0 Å². The van der Waals surface area contributed by atoms with E-state index in [1.54, 1.807) is 24.3 Å². The summed E-state index contributed by atoms with van der Waals surface area (Å²) < 4.78 is 40.8. The molecule has 0 unspecified atom stereocenters. The molecule has 0 fully saturated rings. The smallest absolute Gasteiger partial charge is 0.367 e. The highest BCUT2D eigenvalue weighted by Crippen LogP contribution is 2.23. The molecule has 1 N–H and O–H groups in total. The topological polar surface area (TPSA) is 38.3 Å². The lowest BCUT2D eigenvalue weighted by Crippen LogP contribution is -2.24. The quantitative estimate of drug-likeness (QED) is 0.789. The summed E-state index contributed by atoms with van der Waals surface area (Å²) in [6.07, 6.45) is -0.579. The summed E-state index contributed by atoms with van der Waals surface area (Å²) in [7, 11) is 0. The predicted octanol–water partition coefficient (Wildman–Crippen LogP) is 4.11. The van der Waals surface area contributed by atoms with E-state index in [1.807, 2.05) is 6.07 Å². The van der Waals surface area contributed by atoms with Gasteiger partial charge in [0, 0.05) is 6.54 Å². The molecule has 0 heterocycles. The number of halogens is 3. The molecule has 2 aromatic carbocycles. The van der Waals surface area contributed by atoms with Crippen LogP contribution in [0.2, 0.25) is 0 Å². The highest BCUT2D eigenvalue weighted by atomic mass is 19.4. The van der Waals surface area contributed by atoms with Crippen molar-refractivity contribution >= 4 is 5.91 Å². The van der Waals surface area contributed by atoms with Crippen molar-refractivity contribution in [3.8, 4) is 0 Å². The Bertz CT molecular complexity index is 785. The van der Waals surface area contributed by atoms with Crippen LogP contribution in [0.4, 0.5) is 13.2 Å². The molecule has 0 atom stereocenters. The second kappa shape index (κ2) is 8.57. The standard InChI is InChI=1S/C21H22F3NO2/c22-21(23,24)14-27-13-16-6-4-15(5-7-16)12-25-20(26)11-17-8-9-18-2-1-3-19(18)10-17/h4-10H,1-3,11-14H2,(H,25,26). The molecular weight excluding hydrogens is 355 g/mol. The van der Waals surface area contributed by atoms with Crippen LogP contribution in [0, 0.1) is 0 Å². The van der Waals surface area contributed by atoms with E-state index in [-0.39, 0.29) is 12.5 Å². The van der Waals surface area contributed by atoms with E-state index in [2.05, 4.69) is 22.2 Å². The number of carbonyl (C=O) groups excluding carboxylic acids is 1. The minimum atomic E-state index is -4.32. The molecule has 0 saturated heterocycles. The Morgan fingerprint density at radius 2 is 1.63 bits per heavy atom. The number of hydrogen-bond donors (Lipinski definition) is 1. The zero-order chi connectivity index (χ0) is 19.3. The maximum absolute atomic E-state index is 12.2. The van der Waals surface area contributed by atoms with Gasteiger partial charge in [-0.15, -0.1) is 0 Å². The van der Waals surface area contributed by atoms with Crippen molar-refractivity contribution in [3.05, 3.63) is 70.3 Å². The summed E-state index contributed by atoms with van der Waals surface area (Å²) >= 11 is 0. The molecule has 0 radical (unpaired) electrons. The SMILES string of the molecule is O=C(Cc1ccc2c(c1)CCC2)NCc1ccc(COCC(F)(F)F)cc1. The normalized spacial score (nSPS) is 13.4. The van der Waals surface area contributed by atoms with E-state index in [0.29, 0.717) is 18.5 Å². The Hall–Kier alpha value is -2.34. The van der Waals surface area contributed by atoms with Crippen LogP contribution in [0.15, 0.2) is 42.5 Å². The summed E-state index contributed by atoms with van der Waals surface area (Å²) in [6.45, 7) is -0.967. The Kier molecular flexibility index (Phi) is 6.16. The summed E-state index contributed by atoms with van der Waals surface area (Å²) in [5.41, 5.74) is 5.30. The number of nitrogens with one attached hydrogen (secondary N) is 1. The Morgan fingerprint density at radius 3 is 2.37 bits per heavy atom. The molecule has 0 saturated carbocycles. The summed E-state index contributed by atoms with van der Waals surface area (Å²) in [4.78, 5) is 12.2. The van der Waals surface area contributed by atoms with E-state index < -0.39 is 12.8 Å². The van der Waals surface area contributed by atoms with Crippen molar-refractivity contribution < 1.29 is 22.7 Å². The molecule has 3 nitrogen and oxygen atoms in total. The second-order valence-electron chi connectivity index (χ2n) is 6.83. The van der Waals surface area contributed by atoms with E-state index in [9.17, 15) is 18.0 Å². The molecule has 6 heteroatoms. The third-order valence-electron chi connectivity index (χ3n) is 4.57.